The van der Waals surface area contributed by atoms with Crippen molar-refractivity contribution >= 4 is 28.5 Å². The number of carbonyl (C=O) groups is 1. The van der Waals surface area contributed by atoms with Gasteiger partial charge in [0.1, 0.15) is 0 Å². The topological polar surface area (TPSA) is 91.5 Å². The van der Waals surface area contributed by atoms with E-state index in [1.54, 1.807) is 20.8 Å². The molecule has 39 heavy (non-hydrogen) atoms. The molecule has 0 saturated heterocycles. The number of hydrogen-bond donors (Lipinski definition) is 2. The van der Waals surface area contributed by atoms with Gasteiger partial charge in [0.2, 0.25) is 5.95 Å². The lowest BCUT2D eigenvalue weighted by molar-refractivity contribution is -0.136. The fourth-order valence-electron chi connectivity index (χ4n) is 5.44. The van der Waals surface area contributed by atoms with Gasteiger partial charge in [-0.25, -0.2) is 9.97 Å². The summed E-state index contributed by atoms with van der Waals surface area (Å²) in [6, 6.07) is 10.6. The Morgan fingerprint density at radius 3 is 2.21 bits per heavy atom. The van der Waals surface area contributed by atoms with Crippen LogP contribution in [0, 0.1) is 20.8 Å². The minimum absolute atomic E-state index is 0.0302. The van der Waals surface area contributed by atoms with Crippen LogP contribution in [0.1, 0.15) is 67.5 Å². The van der Waals surface area contributed by atoms with Gasteiger partial charge in [0, 0.05) is 36.6 Å². The molecule has 1 saturated carbocycles. The van der Waals surface area contributed by atoms with Gasteiger partial charge in [-0.1, -0.05) is 29.8 Å². The van der Waals surface area contributed by atoms with Gasteiger partial charge in [-0.15, -0.1) is 0 Å². The molecule has 0 atom stereocenters. The number of carboxylic acids is 1. The molecular formula is C32H38N4O3. The van der Waals surface area contributed by atoms with E-state index in [2.05, 4.69) is 53.6 Å². The Morgan fingerprint density at radius 1 is 1.03 bits per heavy atom. The monoisotopic (exact) mass is 526 g/mol. The second-order valence-corrected chi connectivity index (χ2v) is 11.9. The van der Waals surface area contributed by atoms with Crippen LogP contribution in [0.25, 0.3) is 22.0 Å². The maximum Gasteiger partial charge on any atom is 0.307 e. The highest BCUT2D eigenvalue weighted by Gasteiger charge is 2.31. The van der Waals surface area contributed by atoms with Crippen molar-refractivity contribution in [3.63, 3.8) is 0 Å². The number of anilines is 2. The van der Waals surface area contributed by atoms with Crippen LogP contribution in [0.4, 0.5) is 11.6 Å². The fourth-order valence-corrected chi connectivity index (χ4v) is 5.44. The number of rotatable bonds is 5. The van der Waals surface area contributed by atoms with Gasteiger partial charge in [-0.05, 0) is 94.2 Å². The summed E-state index contributed by atoms with van der Waals surface area (Å²) in [5, 5.41) is 19.5. The first-order valence-electron chi connectivity index (χ1n) is 13.7. The van der Waals surface area contributed by atoms with E-state index in [9.17, 15) is 9.90 Å². The van der Waals surface area contributed by atoms with Gasteiger partial charge in [0.25, 0.3) is 0 Å². The summed E-state index contributed by atoms with van der Waals surface area (Å²) in [5.41, 5.74) is 9.16. The van der Waals surface area contributed by atoms with E-state index in [0.29, 0.717) is 11.9 Å². The zero-order chi connectivity index (χ0) is 28.1. The number of aromatic nitrogens is 3. The third-order valence-corrected chi connectivity index (χ3v) is 7.34. The average molecular weight is 527 g/mol. The van der Waals surface area contributed by atoms with Crippen molar-refractivity contribution in [2.45, 2.75) is 78.9 Å². The van der Waals surface area contributed by atoms with Gasteiger partial charge < -0.3 is 19.7 Å². The van der Waals surface area contributed by atoms with Gasteiger partial charge >= 0.3 is 5.97 Å². The molecule has 2 aromatic carbocycles. The summed E-state index contributed by atoms with van der Waals surface area (Å²) in [5.74, 6) is 0.467. The van der Waals surface area contributed by atoms with Crippen molar-refractivity contribution in [3.8, 4) is 11.1 Å². The molecule has 2 aromatic heterocycles. The normalized spacial score (nSPS) is 14.8. The van der Waals surface area contributed by atoms with Gasteiger partial charge in [-0.3, -0.25) is 4.79 Å². The fraction of sp³-hybridized carbons (Fsp3) is 0.406. The molecule has 204 valence electrons. The summed E-state index contributed by atoms with van der Waals surface area (Å²) in [6.07, 6.45) is 6.34. The van der Waals surface area contributed by atoms with Crippen molar-refractivity contribution in [2.24, 2.45) is 0 Å². The van der Waals surface area contributed by atoms with E-state index >= 15 is 0 Å². The van der Waals surface area contributed by atoms with Crippen LogP contribution in [0.3, 0.4) is 0 Å². The zero-order valence-corrected chi connectivity index (χ0v) is 23.7. The van der Waals surface area contributed by atoms with Crippen LogP contribution in [0.2, 0.25) is 0 Å². The average Bonchev–Trinajstić information content (AvgIpc) is 3.66. The molecule has 1 fully saturated rings. The number of benzene rings is 2. The highest BCUT2D eigenvalue weighted by molar-refractivity contribution is 6.08. The maximum atomic E-state index is 12.0. The molecule has 1 aliphatic carbocycles. The Kier molecular flexibility index (Phi) is 6.97. The molecule has 0 bridgehead atoms. The Morgan fingerprint density at radius 2 is 1.64 bits per heavy atom. The van der Waals surface area contributed by atoms with E-state index in [1.165, 1.54) is 29.7 Å². The summed E-state index contributed by atoms with van der Waals surface area (Å²) in [7, 11) is 0. The Bertz CT molecular complexity index is 1520. The van der Waals surface area contributed by atoms with Gasteiger partial charge in [0.05, 0.1) is 23.2 Å². The molecule has 3 heterocycles. The maximum absolute atomic E-state index is 12.0. The Labute approximate surface area is 230 Å². The molecule has 7 heteroatoms. The SMILES string of the molecule is CC(C)(C)O.Cc1ccc(-c2c(CC(=O)O)c(C)c3c4c2cc(C)n4CCN3c2ncc(C3CC3)cn2)cc1. The van der Waals surface area contributed by atoms with Crippen LogP contribution < -0.4 is 4.90 Å². The molecule has 0 unspecified atom stereocenters. The van der Waals surface area contributed by atoms with E-state index in [0.717, 1.165) is 51.9 Å². The lowest BCUT2D eigenvalue weighted by atomic mass is 9.88. The molecule has 1 aliphatic heterocycles. The standard InChI is InChI=1S/C28H28N4O2.C4H10O/c1-16-4-6-20(7-5-16)25-22(13-24(33)34)18(3)26-27-23(25)12-17(2)31(27)10-11-32(26)28-29-14-21(15-30-28)19-8-9-19;1-4(2,3)5/h4-7,12,14-15,19H,8-11,13H2,1-3H3,(H,33,34);5H,1-3H3. The zero-order valence-electron chi connectivity index (χ0n) is 23.7. The van der Waals surface area contributed by atoms with Crippen LogP contribution in [0.5, 0.6) is 0 Å². The van der Waals surface area contributed by atoms with Crippen molar-refractivity contribution in [1.82, 2.24) is 14.5 Å². The van der Waals surface area contributed by atoms with Crippen molar-refractivity contribution in [2.75, 3.05) is 11.4 Å². The van der Waals surface area contributed by atoms with E-state index in [4.69, 9.17) is 15.1 Å². The molecule has 2 aliphatic rings. The first-order chi connectivity index (χ1) is 18.4. The molecule has 0 amide bonds. The third-order valence-electron chi connectivity index (χ3n) is 7.34. The predicted octanol–water partition coefficient (Wildman–Crippen LogP) is 6.46. The van der Waals surface area contributed by atoms with Gasteiger partial charge in [-0.2, -0.15) is 0 Å². The molecule has 7 nitrogen and oxygen atoms in total. The number of nitrogens with zero attached hydrogens (tertiary/aromatic N) is 4. The largest absolute Gasteiger partial charge is 0.481 e. The summed E-state index contributed by atoms with van der Waals surface area (Å²) in [4.78, 5) is 23.7. The van der Waals surface area contributed by atoms with Crippen LogP contribution in [0.15, 0.2) is 42.7 Å². The lowest BCUT2D eigenvalue weighted by Crippen LogP contribution is -2.30. The number of carboxylic acid groups (broad SMARTS) is 1. The van der Waals surface area contributed by atoms with E-state index < -0.39 is 11.6 Å². The van der Waals surface area contributed by atoms with Gasteiger partial charge in [0.15, 0.2) is 0 Å². The van der Waals surface area contributed by atoms with Crippen LogP contribution >= 0.6 is 0 Å². The predicted molar refractivity (Wildman–Crippen MR) is 156 cm³/mol. The second-order valence-electron chi connectivity index (χ2n) is 11.9. The Hall–Kier alpha value is -3.71. The lowest BCUT2D eigenvalue weighted by Gasteiger charge is -2.33. The molecule has 4 aromatic rings. The number of aryl methyl sites for hydroxylation is 2. The minimum atomic E-state index is -0.827. The number of aliphatic carboxylic acids is 1. The first kappa shape index (κ1) is 26.9. The summed E-state index contributed by atoms with van der Waals surface area (Å²) < 4.78 is 2.36. The smallest absolute Gasteiger partial charge is 0.307 e. The highest BCUT2D eigenvalue weighted by atomic mass is 16.4. The number of aliphatic hydroxyl groups is 1. The highest BCUT2D eigenvalue weighted by Crippen LogP contribution is 2.46. The van der Waals surface area contributed by atoms with Crippen molar-refractivity contribution in [1.29, 1.82) is 0 Å². The molecule has 0 radical (unpaired) electrons. The van der Waals surface area contributed by atoms with Crippen LogP contribution in [-0.2, 0) is 17.8 Å². The summed E-state index contributed by atoms with van der Waals surface area (Å²) >= 11 is 0. The van der Waals surface area contributed by atoms with E-state index in [1.807, 2.05) is 19.3 Å². The molecule has 6 rings (SSSR count). The minimum Gasteiger partial charge on any atom is -0.481 e. The Balaban J connectivity index is 0.000000567. The first-order valence-corrected chi connectivity index (χ1v) is 13.7. The van der Waals surface area contributed by atoms with Crippen LogP contribution in [-0.4, -0.2) is 42.9 Å². The van der Waals surface area contributed by atoms with Crippen molar-refractivity contribution in [3.05, 3.63) is 70.7 Å². The van der Waals surface area contributed by atoms with E-state index in [-0.39, 0.29) is 6.42 Å². The van der Waals surface area contributed by atoms with Crippen molar-refractivity contribution < 1.29 is 15.0 Å². The molecule has 0 spiro atoms. The molecule has 2 N–H and O–H groups in total. The third kappa shape index (κ3) is 5.55. The number of hydrogen-bond acceptors (Lipinski definition) is 5. The molecular weight excluding hydrogens is 488 g/mol. The quantitative estimate of drug-likeness (QED) is 0.310. The summed E-state index contributed by atoms with van der Waals surface area (Å²) in [6.45, 7) is 13.1. The second kappa shape index (κ2) is 10.1.